The Morgan fingerprint density at radius 2 is 1.29 bits per heavy atom. The van der Waals surface area contributed by atoms with Crippen LogP contribution in [-0.4, -0.2) is 72.6 Å². The first-order valence-corrected chi connectivity index (χ1v) is 11.7. The zero-order valence-electron chi connectivity index (χ0n) is 22.0. The van der Waals surface area contributed by atoms with Crippen molar-refractivity contribution >= 4 is 30.0 Å². The van der Waals surface area contributed by atoms with E-state index in [0.717, 1.165) is 38.5 Å². The lowest BCUT2D eigenvalue weighted by molar-refractivity contribution is -0.155. The zero-order valence-corrected chi connectivity index (χ0v) is 22.0. The number of hydrogen-bond donors (Lipinski definition) is 4. The van der Waals surface area contributed by atoms with Gasteiger partial charge in [-0.3, -0.25) is 10.1 Å². The number of carbonyl (C=O) groups is 4. The third-order valence-electron chi connectivity index (χ3n) is 4.11. The van der Waals surface area contributed by atoms with Gasteiger partial charge in [0.2, 0.25) is 12.1 Å². The summed E-state index contributed by atoms with van der Waals surface area (Å²) in [5.41, 5.74) is -1.42. The number of ether oxygens (including phenoxy) is 3. The highest BCUT2D eigenvalue weighted by Crippen LogP contribution is 2.09. The maximum atomic E-state index is 12.1. The van der Waals surface area contributed by atoms with Crippen LogP contribution in [0.4, 0.5) is 9.59 Å². The highest BCUT2D eigenvalue weighted by Gasteiger charge is 2.25. The summed E-state index contributed by atoms with van der Waals surface area (Å²) >= 11 is 0. The van der Waals surface area contributed by atoms with Gasteiger partial charge in [0, 0.05) is 20.2 Å². The minimum Gasteiger partial charge on any atom is -0.479 e. The van der Waals surface area contributed by atoms with Crippen molar-refractivity contribution < 1.29 is 38.5 Å². The number of methoxy groups -OCH3 is 1. The average Bonchev–Trinajstić information content (AvgIpc) is 2.66. The molecule has 0 saturated heterocycles. The molecule has 35 heavy (non-hydrogen) atoms. The van der Waals surface area contributed by atoms with E-state index in [1.807, 2.05) is 0 Å². The molecule has 0 aliphatic carbocycles. The molecule has 0 saturated carbocycles. The highest BCUT2D eigenvalue weighted by molar-refractivity contribution is 6.00. The van der Waals surface area contributed by atoms with Crippen LogP contribution in [0.1, 0.15) is 80.1 Å². The molecule has 12 heteroatoms. The molecule has 0 aromatic heterocycles. The van der Waals surface area contributed by atoms with Crippen LogP contribution < -0.4 is 16.0 Å². The van der Waals surface area contributed by atoms with E-state index < -0.39 is 41.4 Å². The first kappa shape index (κ1) is 32.1. The molecule has 0 bridgehead atoms. The van der Waals surface area contributed by atoms with Gasteiger partial charge in [-0.05, 0) is 54.4 Å². The summed E-state index contributed by atoms with van der Waals surface area (Å²) in [6.07, 6.45) is 2.11. The van der Waals surface area contributed by atoms with Crippen molar-refractivity contribution in [3.05, 3.63) is 0 Å². The normalized spacial score (nSPS) is 12.9. The lowest BCUT2D eigenvalue weighted by atomic mass is 10.1. The second kappa shape index (κ2) is 15.9. The second-order valence-corrected chi connectivity index (χ2v) is 9.86. The number of carboxylic acid groups (broad SMARTS) is 1. The van der Waals surface area contributed by atoms with E-state index in [4.69, 9.17) is 14.6 Å². The molecule has 1 atom stereocenters. The van der Waals surface area contributed by atoms with Crippen LogP contribution in [0.15, 0.2) is 4.99 Å². The van der Waals surface area contributed by atoms with E-state index in [-0.39, 0.29) is 5.96 Å². The molecular weight excluding hydrogens is 460 g/mol. The minimum atomic E-state index is -1.49. The first-order valence-electron chi connectivity index (χ1n) is 11.7. The van der Waals surface area contributed by atoms with Gasteiger partial charge in [-0.15, -0.1) is 4.99 Å². The summed E-state index contributed by atoms with van der Waals surface area (Å²) in [7, 11) is 1.17. The van der Waals surface area contributed by atoms with E-state index in [2.05, 4.69) is 25.7 Å². The first-order chi connectivity index (χ1) is 16.1. The van der Waals surface area contributed by atoms with Crippen molar-refractivity contribution in [3.8, 4) is 0 Å². The quantitative estimate of drug-likeness (QED) is 0.136. The zero-order chi connectivity index (χ0) is 27.1. The predicted octanol–water partition coefficient (Wildman–Crippen LogP) is 2.95. The Bertz CT molecular complexity index is 726. The molecule has 0 heterocycles. The number of aliphatic carboxylic acids is 1. The highest BCUT2D eigenvalue weighted by atomic mass is 16.6. The van der Waals surface area contributed by atoms with Gasteiger partial charge in [-0.25, -0.2) is 14.4 Å². The number of carboxylic acids is 1. The predicted molar refractivity (Wildman–Crippen MR) is 130 cm³/mol. The maximum absolute atomic E-state index is 12.1. The monoisotopic (exact) mass is 502 g/mol. The number of guanidine groups is 1. The van der Waals surface area contributed by atoms with Crippen LogP contribution >= 0.6 is 0 Å². The van der Waals surface area contributed by atoms with Crippen LogP contribution in [0.3, 0.4) is 0 Å². The molecule has 0 aliphatic heterocycles. The summed E-state index contributed by atoms with van der Waals surface area (Å²) < 4.78 is 15.0. The molecule has 0 radical (unpaired) electrons. The third-order valence-corrected chi connectivity index (χ3v) is 4.11. The second-order valence-electron chi connectivity index (χ2n) is 9.86. The molecule has 0 aromatic rings. The van der Waals surface area contributed by atoms with Crippen molar-refractivity contribution in [2.75, 3.05) is 20.2 Å². The van der Waals surface area contributed by atoms with E-state index >= 15 is 0 Å². The Morgan fingerprint density at radius 3 is 1.74 bits per heavy atom. The fraction of sp³-hybridized carbons (Fsp3) is 0.783. The SMILES string of the molecule is COC(C(=O)O)C(=O)NCCCCCCCCN/C(=N/C(=O)OC(C)(C)C)NC(=O)OC(C)(C)C. The minimum absolute atomic E-state index is 0.0417. The smallest absolute Gasteiger partial charge is 0.437 e. The fourth-order valence-corrected chi connectivity index (χ4v) is 2.68. The Hall–Kier alpha value is -2.89. The topological polar surface area (TPSA) is 165 Å². The van der Waals surface area contributed by atoms with E-state index in [1.54, 1.807) is 41.5 Å². The van der Waals surface area contributed by atoms with E-state index in [0.29, 0.717) is 13.1 Å². The van der Waals surface area contributed by atoms with Crippen molar-refractivity contribution in [2.24, 2.45) is 4.99 Å². The molecule has 12 nitrogen and oxygen atoms in total. The van der Waals surface area contributed by atoms with Gasteiger partial charge in [-0.1, -0.05) is 25.7 Å². The van der Waals surface area contributed by atoms with Crippen molar-refractivity contribution in [2.45, 2.75) is 97.4 Å². The largest absolute Gasteiger partial charge is 0.479 e. The summed E-state index contributed by atoms with van der Waals surface area (Å²) in [4.78, 5) is 50.4. The molecular formula is C23H42N4O8. The van der Waals surface area contributed by atoms with E-state index in [9.17, 15) is 19.2 Å². The lowest BCUT2D eigenvalue weighted by Crippen LogP contribution is -2.44. The van der Waals surface area contributed by atoms with E-state index in [1.165, 1.54) is 7.11 Å². The molecule has 202 valence electrons. The number of carbonyl (C=O) groups excluding carboxylic acids is 3. The fourth-order valence-electron chi connectivity index (χ4n) is 2.68. The van der Waals surface area contributed by atoms with Crippen molar-refractivity contribution in [3.63, 3.8) is 0 Å². The van der Waals surface area contributed by atoms with Gasteiger partial charge in [0.25, 0.3) is 5.91 Å². The number of alkyl carbamates (subject to hydrolysis) is 1. The summed E-state index contributed by atoms with van der Waals surface area (Å²) in [5, 5.41) is 16.8. The number of unbranched alkanes of at least 4 members (excludes halogenated alkanes) is 5. The van der Waals surface area contributed by atoms with Crippen LogP contribution in [0.25, 0.3) is 0 Å². The van der Waals surface area contributed by atoms with Gasteiger partial charge in [0.05, 0.1) is 0 Å². The lowest BCUT2D eigenvalue weighted by Gasteiger charge is -2.21. The van der Waals surface area contributed by atoms with Crippen molar-refractivity contribution in [1.29, 1.82) is 0 Å². The molecule has 0 fully saturated rings. The standard InChI is InChI=1S/C23H42N4O8/c1-22(2,3)34-20(31)26-19(27-21(32)35-23(4,5)6)25-15-13-11-9-8-10-12-14-24-17(28)16(33-7)18(29)30/h16H,8-15H2,1-7H3,(H,24,28)(H,29,30)(H2,25,26,27,31,32). The average molecular weight is 503 g/mol. The van der Waals surface area contributed by atoms with Crippen LogP contribution in [0, 0.1) is 0 Å². The number of amides is 3. The van der Waals surface area contributed by atoms with Gasteiger partial charge >= 0.3 is 18.2 Å². The molecule has 4 N–H and O–H groups in total. The van der Waals surface area contributed by atoms with Gasteiger partial charge < -0.3 is 30.0 Å². The maximum Gasteiger partial charge on any atom is 0.437 e. The van der Waals surface area contributed by atoms with Crippen LogP contribution in [0.5, 0.6) is 0 Å². The Morgan fingerprint density at radius 1 is 0.800 bits per heavy atom. The van der Waals surface area contributed by atoms with Crippen LogP contribution in [-0.2, 0) is 23.8 Å². The number of rotatable bonds is 12. The molecule has 0 spiro atoms. The Kier molecular flexibility index (Phi) is 14.6. The van der Waals surface area contributed by atoms with Crippen LogP contribution in [0.2, 0.25) is 0 Å². The molecule has 0 rings (SSSR count). The van der Waals surface area contributed by atoms with Gasteiger partial charge in [-0.2, -0.15) is 0 Å². The number of hydrogen-bond acceptors (Lipinski definition) is 7. The summed E-state index contributed by atoms with van der Waals surface area (Å²) in [5.74, 6) is -2.02. The Balaban J connectivity index is 4.33. The van der Waals surface area contributed by atoms with Gasteiger partial charge in [0.15, 0.2) is 0 Å². The third kappa shape index (κ3) is 18.2. The van der Waals surface area contributed by atoms with Gasteiger partial charge in [0.1, 0.15) is 11.2 Å². The number of nitrogens with one attached hydrogen (secondary N) is 3. The molecule has 1 unspecified atom stereocenters. The summed E-state index contributed by atoms with van der Waals surface area (Å²) in [6.45, 7) is 11.2. The summed E-state index contributed by atoms with van der Waals surface area (Å²) in [6, 6.07) is 0. The number of nitrogens with zero attached hydrogens (tertiary/aromatic N) is 1. The molecule has 0 aromatic carbocycles. The Labute approximate surface area is 207 Å². The molecule has 0 aliphatic rings. The number of aliphatic imine (C=N–C) groups is 1. The molecule has 3 amide bonds. The van der Waals surface area contributed by atoms with Crippen molar-refractivity contribution in [1.82, 2.24) is 16.0 Å².